The molecule has 0 aromatic carbocycles. The lowest BCUT2D eigenvalue weighted by atomic mass is 10.1. The summed E-state index contributed by atoms with van der Waals surface area (Å²) in [5, 5.41) is 6.70. The van der Waals surface area contributed by atoms with Crippen molar-refractivity contribution in [2.45, 2.75) is 51.8 Å². The maximum absolute atomic E-state index is 12.0. The predicted octanol–water partition coefficient (Wildman–Crippen LogP) is 1.97. The van der Waals surface area contributed by atoms with Crippen LogP contribution in [0.5, 0.6) is 0 Å². The molecule has 154 valence electrons. The van der Waals surface area contributed by atoms with E-state index < -0.39 is 5.60 Å². The van der Waals surface area contributed by atoms with E-state index in [-0.39, 0.29) is 12.1 Å². The number of carbonyl (C=O) groups excluding carboxylic acids is 1. The Bertz CT molecular complexity index is 703. The van der Waals surface area contributed by atoms with Crippen LogP contribution in [-0.4, -0.2) is 66.8 Å². The number of rotatable bonds is 4. The van der Waals surface area contributed by atoms with Crippen LogP contribution in [0.1, 0.15) is 39.2 Å². The van der Waals surface area contributed by atoms with E-state index in [2.05, 4.69) is 31.6 Å². The van der Waals surface area contributed by atoms with Crippen LogP contribution in [0.4, 0.5) is 10.6 Å². The molecule has 2 aliphatic heterocycles. The first-order valence-corrected chi connectivity index (χ1v) is 9.99. The Morgan fingerprint density at radius 2 is 2.04 bits per heavy atom. The van der Waals surface area contributed by atoms with Crippen LogP contribution >= 0.6 is 0 Å². The summed E-state index contributed by atoms with van der Waals surface area (Å²) in [6.07, 6.45) is 4.08. The molecule has 3 rings (SSSR count). The highest BCUT2D eigenvalue weighted by molar-refractivity contribution is 5.80. The van der Waals surface area contributed by atoms with E-state index in [1.807, 2.05) is 33.0 Å². The van der Waals surface area contributed by atoms with Crippen molar-refractivity contribution in [1.82, 2.24) is 20.5 Å². The lowest BCUT2D eigenvalue weighted by Crippen LogP contribution is -2.63. The highest BCUT2D eigenvalue weighted by Crippen LogP contribution is 2.18. The molecule has 8 heteroatoms. The first-order chi connectivity index (χ1) is 13.3. The third-order valence-electron chi connectivity index (χ3n) is 4.80. The average Bonchev–Trinajstić information content (AvgIpc) is 3.13. The van der Waals surface area contributed by atoms with Crippen molar-refractivity contribution in [3.63, 3.8) is 0 Å². The van der Waals surface area contributed by atoms with E-state index in [0.717, 1.165) is 24.9 Å². The average molecular weight is 389 g/mol. The fourth-order valence-corrected chi connectivity index (χ4v) is 3.31. The molecule has 2 N–H and O–H groups in total. The van der Waals surface area contributed by atoms with Gasteiger partial charge in [0.15, 0.2) is 5.96 Å². The summed E-state index contributed by atoms with van der Waals surface area (Å²) in [5.74, 6) is 1.78. The van der Waals surface area contributed by atoms with Gasteiger partial charge in [-0.05, 0) is 51.3 Å². The molecule has 2 aliphatic rings. The fraction of sp³-hybridized carbons (Fsp3) is 0.650. The Morgan fingerprint density at radius 3 is 2.68 bits per heavy atom. The van der Waals surface area contributed by atoms with Crippen molar-refractivity contribution in [2.24, 2.45) is 4.99 Å². The van der Waals surface area contributed by atoms with E-state index in [1.54, 1.807) is 11.9 Å². The van der Waals surface area contributed by atoms with E-state index in [1.165, 1.54) is 18.4 Å². The van der Waals surface area contributed by atoms with Crippen LogP contribution in [0.15, 0.2) is 23.3 Å². The van der Waals surface area contributed by atoms with Crippen molar-refractivity contribution in [2.75, 3.05) is 38.1 Å². The quantitative estimate of drug-likeness (QED) is 0.606. The Hall–Kier alpha value is -2.51. The first kappa shape index (κ1) is 20.2. The van der Waals surface area contributed by atoms with E-state index in [4.69, 9.17) is 4.74 Å². The van der Waals surface area contributed by atoms with E-state index in [0.29, 0.717) is 19.6 Å². The number of aliphatic imine (C=N–C) groups is 1. The third kappa shape index (κ3) is 5.50. The van der Waals surface area contributed by atoms with Crippen LogP contribution in [0.3, 0.4) is 0 Å². The number of nitrogens with one attached hydrogen (secondary N) is 2. The summed E-state index contributed by atoms with van der Waals surface area (Å²) < 4.78 is 5.38. The van der Waals surface area contributed by atoms with Gasteiger partial charge in [0.1, 0.15) is 11.4 Å². The van der Waals surface area contributed by atoms with Crippen LogP contribution in [0, 0.1) is 0 Å². The lowest BCUT2D eigenvalue weighted by Gasteiger charge is -2.40. The summed E-state index contributed by atoms with van der Waals surface area (Å²) in [5.41, 5.74) is 0.704. The van der Waals surface area contributed by atoms with Crippen molar-refractivity contribution in [1.29, 1.82) is 0 Å². The summed E-state index contributed by atoms with van der Waals surface area (Å²) >= 11 is 0. The van der Waals surface area contributed by atoms with Crippen LogP contribution in [0.25, 0.3) is 0 Å². The zero-order valence-corrected chi connectivity index (χ0v) is 17.4. The number of pyridine rings is 1. The van der Waals surface area contributed by atoms with E-state index >= 15 is 0 Å². The summed E-state index contributed by atoms with van der Waals surface area (Å²) in [7, 11) is 1.75. The highest BCUT2D eigenvalue weighted by atomic mass is 16.6. The third-order valence-corrected chi connectivity index (χ3v) is 4.80. The normalized spacial score (nSPS) is 18.1. The number of guanidine groups is 1. The van der Waals surface area contributed by atoms with Gasteiger partial charge in [-0.1, -0.05) is 0 Å². The minimum atomic E-state index is -0.467. The van der Waals surface area contributed by atoms with Crippen LogP contribution in [0.2, 0.25) is 0 Å². The molecule has 28 heavy (non-hydrogen) atoms. The Morgan fingerprint density at radius 1 is 1.32 bits per heavy atom. The van der Waals surface area contributed by atoms with Gasteiger partial charge in [0.05, 0.1) is 6.04 Å². The fourth-order valence-electron chi connectivity index (χ4n) is 3.31. The molecule has 0 spiro atoms. The molecule has 3 heterocycles. The van der Waals surface area contributed by atoms with Gasteiger partial charge in [-0.3, -0.25) is 4.99 Å². The Kier molecular flexibility index (Phi) is 6.26. The maximum Gasteiger partial charge on any atom is 0.410 e. The lowest BCUT2D eigenvalue weighted by molar-refractivity contribution is 0.00701. The van der Waals surface area contributed by atoms with Crippen molar-refractivity contribution < 1.29 is 9.53 Å². The van der Waals surface area contributed by atoms with Crippen molar-refractivity contribution in [3.8, 4) is 0 Å². The van der Waals surface area contributed by atoms with Gasteiger partial charge >= 0.3 is 6.09 Å². The summed E-state index contributed by atoms with van der Waals surface area (Å²) in [6, 6.07) is 4.34. The molecule has 0 saturated carbocycles. The van der Waals surface area contributed by atoms with Gasteiger partial charge in [0.2, 0.25) is 0 Å². The van der Waals surface area contributed by atoms with Crippen molar-refractivity contribution in [3.05, 3.63) is 23.9 Å². The molecular formula is C20H32N6O2. The largest absolute Gasteiger partial charge is 0.444 e. The molecular weight excluding hydrogens is 356 g/mol. The standard InChI is InChI=1S/C20H32N6O2/c1-20(2,3)28-19(27)26-13-16(14-26)24-18(21-4)23-12-15-7-8-22-17(11-15)25-9-5-6-10-25/h7-8,11,16H,5-6,9-10,12-14H2,1-4H3,(H2,21,23,24). The molecule has 0 unspecified atom stereocenters. The highest BCUT2D eigenvalue weighted by Gasteiger charge is 2.34. The monoisotopic (exact) mass is 388 g/mol. The zero-order valence-electron chi connectivity index (χ0n) is 17.4. The van der Waals surface area contributed by atoms with Crippen LogP contribution < -0.4 is 15.5 Å². The second-order valence-corrected chi connectivity index (χ2v) is 8.37. The van der Waals surface area contributed by atoms with Gasteiger partial charge in [-0.2, -0.15) is 0 Å². The number of amides is 1. The van der Waals surface area contributed by atoms with Crippen molar-refractivity contribution >= 4 is 17.9 Å². The number of anilines is 1. The summed E-state index contributed by atoms with van der Waals surface area (Å²) in [6.45, 7) is 9.70. The van der Waals surface area contributed by atoms with Gasteiger partial charge in [-0.25, -0.2) is 9.78 Å². The Balaban J connectivity index is 1.44. The van der Waals surface area contributed by atoms with E-state index in [9.17, 15) is 4.79 Å². The maximum atomic E-state index is 12.0. The topological polar surface area (TPSA) is 82.1 Å². The van der Waals surface area contributed by atoms with Crippen LogP contribution in [-0.2, 0) is 11.3 Å². The zero-order chi connectivity index (χ0) is 20.1. The molecule has 1 amide bonds. The molecule has 1 aromatic heterocycles. The molecule has 0 aliphatic carbocycles. The molecule has 1 aromatic rings. The van der Waals surface area contributed by atoms with Gasteiger partial charge < -0.3 is 25.2 Å². The number of hydrogen-bond acceptors (Lipinski definition) is 5. The number of carbonyl (C=O) groups is 1. The molecule has 8 nitrogen and oxygen atoms in total. The van der Waals surface area contributed by atoms with Gasteiger partial charge in [0.25, 0.3) is 0 Å². The predicted molar refractivity (Wildman–Crippen MR) is 111 cm³/mol. The molecule has 2 saturated heterocycles. The van der Waals surface area contributed by atoms with Gasteiger partial charge in [-0.15, -0.1) is 0 Å². The number of ether oxygens (including phenoxy) is 1. The number of hydrogen-bond donors (Lipinski definition) is 2. The first-order valence-electron chi connectivity index (χ1n) is 9.99. The second-order valence-electron chi connectivity index (χ2n) is 8.37. The molecule has 0 radical (unpaired) electrons. The summed E-state index contributed by atoms with van der Waals surface area (Å²) in [4.78, 5) is 24.8. The molecule has 0 atom stereocenters. The number of aromatic nitrogens is 1. The minimum Gasteiger partial charge on any atom is -0.444 e. The smallest absolute Gasteiger partial charge is 0.410 e. The molecule has 0 bridgehead atoms. The number of nitrogens with zero attached hydrogens (tertiary/aromatic N) is 4. The second kappa shape index (κ2) is 8.67. The minimum absolute atomic E-state index is 0.177. The van der Waals surface area contributed by atoms with Gasteiger partial charge in [0, 0.05) is 46.0 Å². The molecule has 2 fully saturated rings. The SMILES string of the molecule is CN=C(NCc1ccnc(N2CCCC2)c1)NC1CN(C(=O)OC(C)(C)C)C1. The number of likely N-dealkylation sites (tertiary alicyclic amines) is 1. The Labute approximate surface area is 167 Å².